The molecule has 0 aliphatic carbocycles. The number of aromatic amines is 1. The third kappa shape index (κ3) is 3.98. The number of rotatable bonds is 7. The molecule has 2 heterocycles. The summed E-state index contributed by atoms with van der Waals surface area (Å²) in [5.74, 6) is 1.00. The van der Waals surface area contributed by atoms with Crippen molar-refractivity contribution in [3.63, 3.8) is 0 Å². The zero-order valence-corrected chi connectivity index (χ0v) is 15.8. The summed E-state index contributed by atoms with van der Waals surface area (Å²) in [6.45, 7) is 2.49. The molecule has 1 amide bonds. The van der Waals surface area contributed by atoms with E-state index in [9.17, 15) is 4.79 Å². The molecule has 0 fully saturated rings. The first-order valence-electron chi connectivity index (χ1n) is 9.52. The minimum absolute atomic E-state index is 0.0334. The molecule has 0 aliphatic rings. The largest absolute Gasteiger partial charge is 0.451 e. The number of benzene rings is 2. The molecule has 0 bridgehead atoms. The first-order chi connectivity index (χ1) is 13.7. The number of imidazole rings is 1. The van der Waals surface area contributed by atoms with Crippen molar-refractivity contribution in [1.82, 2.24) is 14.9 Å². The van der Waals surface area contributed by atoms with Crippen LogP contribution in [0.2, 0.25) is 0 Å². The van der Waals surface area contributed by atoms with E-state index in [1.165, 1.54) is 5.56 Å². The summed E-state index contributed by atoms with van der Waals surface area (Å²) < 4.78 is 5.82. The zero-order valence-electron chi connectivity index (χ0n) is 15.8. The summed E-state index contributed by atoms with van der Waals surface area (Å²) in [6, 6.07) is 19.9. The van der Waals surface area contributed by atoms with E-state index in [0.717, 1.165) is 29.6 Å². The minimum atomic E-state index is -0.117. The number of aryl methyl sites for hydroxylation is 1. The molecule has 0 aliphatic heterocycles. The topological polar surface area (TPSA) is 62.1 Å². The van der Waals surface area contributed by atoms with Crippen molar-refractivity contribution in [2.24, 2.45) is 0 Å². The fourth-order valence-corrected chi connectivity index (χ4v) is 3.38. The fraction of sp³-hybridized carbons (Fsp3) is 0.217. The second-order valence-corrected chi connectivity index (χ2v) is 6.99. The normalized spacial score (nSPS) is 12.2. The number of amides is 1. The van der Waals surface area contributed by atoms with E-state index in [2.05, 4.69) is 29.0 Å². The van der Waals surface area contributed by atoms with Gasteiger partial charge in [-0.05, 0) is 37.5 Å². The number of nitrogens with zero attached hydrogens (tertiary/aromatic N) is 2. The zero-order chi connectivity index (χ0) is 19.3. The van der Waals surface area contributed by atoms with Gasteiger partial charge in [0.05, 0.1) is 6.54 Å². The molecule has 4 rings (SSSR count). The van der Waals surface area contributed by atoms with Crippen LogP contribution in [0.4, 0.5) is 0 Å². The van der Waals surface area contributed by atoms with Crippen LogP contribution in [-0.4, -0.2) is 26.8 Å². The standard InChI is InChI=1S/C23H23N3O2/c1-17(11-12-18-7-3-2-4-8-18)26(16-22-24-13-14-25-22)23(27)21-15-19-9-5-6-10-20(19)28-21/h2-10,13-15,17H,11-12,16H2,1H3,(H,24,25)/t17-/m1/s1. The second kappa shape index (κ2) is 8.13. The molecule has 0 saturated heterocycles. The molecule has 0 radical (unpaired) electrons. The van der Waals surface area contributed by atoms with Gasteiger partial charge in [-0.15, -0.1) is 0 Å². The summed E-state index contributed by atoms with van der Waals surface area (Å²) in [4.78, 5) is 22.5. The van der Waals surface area contributed by atoms with Crippen molar-refractivity contribution < 1.29 is 9.21 Å². The third-order valence-corrected chi connectivity index (χ3v) is 5.00. The first-order valence-corrected chi connectivity index (χ1v) is 9.52. The quantitative estimate of drug-likeness (QED) is 0.505. The maximum absolute atomic E-state index is 13.3. The maximum Gasteiger partial charge on any atom is 0.290 e. The third-order valence-electron chi connectivity index (χ3n) is 5.00. The predicted octanol–water partition coefficient (Wildman–Crippen LogP) is 4.82. The molecular weight excluding hydrogens is 350 g/mol. The van der Waals surface area contributed by atoms with Crippen molar-refractivity contribution in [2.75, 3.05) is 0 Å². The monoisotopic (exact) mass is 373 g/mol. The van der Waals surface area contributed by atoms with Crippen LogP contribution in [0.1, 0.15) is 35.3 Å². The van der Waals surface area contributed by atoms with Crippen LogP contribution in [0.15, 0.2) is 77.5 Å². The van der Waals surface area contributed by atoms with E-state index in [1.807, 2.05) is 53.4 Å². The number of hydrogen-bond acceptors (Lipinski definition) is 3. The lowest BCUT2D eigenvalue weighted by Crippen LogP contribution is -2.38. The molecule has 142 valence electrons. The summed E-state index contributed by atoms with van der Waals surface area (Å²) in [7, 11) is 0. The molecule has 4 aromatic rings. The Hall–Kier alpha value is -3.34. The highest BCUT2D eigenvalue weighted by atomic mass is 16.3. The summed E-state index contributed by atoms with van der Waals surface area (Å²) in [5.41, 5.74) is 1.99. The number of H-pyrrole nitrogens is 1. The molecule has 2 aromatic carbocycles. The smallest absolute Gasteiger partial charge is 0.290 e. The minimum Gasteiger partial charge on any atom is -0.451 e. The van der Waals surface area contributed by atoms with Gasteiger partial charge in [0, 0.05) is 23.8 Å². The molecule has 1 atom stereocenters. The van der Waals surface area contributed by atoms with Gasteiger partial charge in [0.25, 0.3) is 5.91 Å². The molecule has 0 unspecified atom stereocenters. The number of furan rings is 1. The number of aromatic nitrogens is 2. The SMILES string of the molecule is C[C@H](CCc1ccccc1)N(Cc1ncc[nH]1)C(=O)c1cc2ccccc2o1. The van der Waals surface area contributed by atoms with Gasteiger partial charge in [0.15, 0.2) is 5.76 Å². The van der Waals surface area contributed by atoms with Gasteiger partial charge in [-0.25, -0.2) is 4.98 Å². The highest BCUT2D eigenvalue weighted by Gasteiger charge is 2.25. The molecule has 5 nitrogen and oxygen atoms in total. The first kappa shape index (κ1) is 18.0. The highest BCUT2D eigenvalue weighted by Crippen LogP contribution is 2.22. The Morgan fingerprint density at radius 2 is 1.93 bits per heavy atom. The van der Waals surface area contributed by atoms with Crippen LogP contribution in [0.25, 0.3) is 11.0 Å². The van der Waals surface area contributed by atoms with Crippen molar-refractivity contribution in [3.05, 3.63) is 90.2 Å². The van der Waals surface area contributed by atoms with E-state index in [1.54, 1.807) is 12.4 Å². The summed E-state index contributed by atoms with van der Waals surface area (Å²) >= 11 is 0. The van der Waals surface area contributed by atoms with Gasteiger partial charge >= 0.3 is 0 Å². The number of carbonyl (C=O) groups excluding carboxylic acids is 1. The Balaban J connectivity index is 1.55. The highest BCUT2D eigenvalue weighted by molar-refractivity contribution is 5.96. The molecule has 2 aromatic heterocycles. The van der Waals surface area contributed by atoms with E-state index in [4.69, 9.17) is 4.42 Å². The number of carbonyl (C=O) groups is 1. The van der Waals surface area contributed by atoms with E-state index in [0.29, 0.717) is 12.3 Å². The number of fused-ring (bicyclic) bond motifs is 1. The lowest BCUT2D eigenvalue weighted by Gasteiger charge is -2.28. The lowest BCUT2D eigenvalue weighted by molar-refractivity contribution is 0.0632. The van der Waals surface area contributed by atoms with Crippen LogP contribution in [0, 0.1) is 0 Å². The van der Waals surface area contributed by atoms with Crippen molar-refractivity contribution in [3.8, 4) is 0 Å². The Morgan fingerprint density at radius 1 is 1.14 bits per heavy atom. The number of hydrogen-bond donors (Lipinski definition) is 1. The predicted molar refractivity (Wildman–Crippen MR) is 109 cm³/mol. The van der Waals surface area contributed by atoms with Crippen LogP contribution in [0.5, 0.6) is 0 Å². The van der Waals surface area contributed by atoms with Crippen LogP contribution in [-0.2, 0) is 13.0 Å². The van der Waals surface area contributed by atoms with Crippen LogP contribution in [0.3, 0.4) is 0 Å². The molecule has 0 saturated carbocycles. The van der Waals surface area contributed by atoms with E-state index in [-0.39, 0.29) is 11.9 Å². The van der Waals surface area contributed by atoms with Crippen LogP contribution >= 0.6 is 0 Å². The summed E-state index contributed by atoms with van der Waals surface area (Å²) in [5, 5.41) is 0.931. The molecule has 28 heavy (non-hydrogen) atoms. The van der Waals surface area contributed by atoms with Gasteiger partial charge < -0.3 is 14.3 Å². The Kier molecular flexibility index (Phi) is 5.24. The fourth-order valence-electron chi connectivity index (χ4n) is 3.38. The number of para-hydroxylation sites is 1. The maximum atomic E-state index is 13.3. The Morgan fingerprint density at radius 3 is 2.68 bits per heavy atom. The average Bonchev–Trinajstić information content (AvgIpc) is 3.40. The van der Waals surface area contributed by atoms with Gasteiger partial charge in [-0.1, -0.05) is 48.5 Å². The van der Waals surface area contributed by atoms with Crippen molar-refractivity contribution >= 4 is 16.9 Å². The molecule has 1 N–H and O–H groups in total. The van der Waals surface area contributed by atoms with Crippen molar-refractivity contribution in [2.45, 2.75) is 32.4 Å². The van der Waals surface area contributed by atoms with Gasteiger partial charge in [-0.3, -0.25) is 4.79 Å². The second-order valence-electron chi connectivity index (χ2n) is 6.99. The Labute approximate surface area is 164 Å². The molecular formula is C23H23N3O2. The number of nitrogens with one attached hydrogen (secondary N) is 1. The van der Waals surface area contributed by atoms with Gasteiger partial charge in [0.1, 0.15) is 11.4 Å². The molecule has 0 spiro atoms. The lowest BCUT2D eigenvalue weighted by atomic mass is 10.0. The van der Waals surface area contributed by atoms with E-state index >= 15 is 0 Å². The van der Waals surface area contributed by atoms with E-state index < -0.39 is 0 Å². The van der Waals surface area contributed by atoms with Crippen LogP contribution < -0.4 is 0 Å². The summed E-state index contributed by atoms with van der Waals surface area (Å²) in [6.07, 6.45) is 5.24. The molecule has 5 heteroatoms. The Bertz CT molecular complexity index is 1010. The van der Waals surface area contributed by atoms with Gasteiger partial charge in [-0.2, -0.15) is 0 Å². The van der Waals surface area contributed by atoms with Crippen molar-refractivity contribution in [1.29, 1.82) is 0 Å². The van der Waals surface area contributed by atoms with Gasteiger partial charge in [0.2, 0.25) is 0 Å². The average molecular weight is 373 g/mol.